The second kappa shape index (κ2) is 9.57. The van der Waals surface area contributed by atoms with E-state index in [-0.39, 0.29) is 17.2 Å². The zero-order chi connectivity index (χ0) is 20.7. The van der Waals surface area contributed by atoms with Crippen molar-refractivity contribution in [2.24, 2.45) is 5.10 Å². The lowest BCUT2D eigenvalue weighted by molar-refractivity contribution is -0.115. The molecule has 2 rings (SSSR count). The molecule has 0 unspecified atom stereocenters. The number of nitrogens with zero attached hydrogens (tertiary/aromatic N) is 1. The first-order chi connectivity index (χ1) is 13.2. The van der Waals surface area contributed by atoms with Gasteiger partial charge >= 0.3 is 0 Å². The molecule has 0 spiro atoms. The van der Waals surface area contributed by atoms with Crippen LogP contribution in [0.2, 0.25) is 5.02 Å². The molecule has 0 atom stereocenters. The molecule has 28 heavy (non-hydrogen) atoms. The number of ether oxygens (including phenoxy) is 1. The van der Waals surface area contributed by atoms with Crippen LogP contribution in [0, 0.1) is 6.92 Å². The van der Waals surface area contributed by atoms with E-state index in [2.05, 4.69) is 15.2 Å². The number of nitrogens with one attached hydrogen (secondary N) is 2. The number of carbonyl (C=O) groups is 1. The van der Waals surface area contributed by atoms with E-state index >= 15 is 0 Å². The Hall–Kier alpha value is -2.58. The van der Waals surface area contributed by atoms with Crippen molar-refractivity contribution in [3.63, 3.8) is 0 Å². The van der Waals surface area contributed by atoms with Gasteiger partial charge in [-0.25, -0.2) is 4.83 Å². The molecule has 0 aromatic heterocycles. The summed E-state index contributed by atoms with van der Waals surface area (Å²) in [6.07, 6.45) is -0.0717. The van der Waals surface area contributed by atoms with Crippen LogP contribution in [-0.2, 0) is 14.8 Å². The molecule has 0 aliphatic carbocycles. The molecular formula is C19H22ClN3O4S. The van der Waals surface area contributed by atoms with Gasteiger partial charge in [0.1, 0.15) is 5.75 Å². The minimum Gasteiger partial charge on any atom is -0.494 e. The zero-order valence-electron chi connectivity index (χ0n) is 15.8. The Morgan fingerprint density at radius 2 is 1.86 bits per heavy atom. The Labute approximate surface area is 169 Å². The highest BCUT2D eigenvalue weighted by atomic mass is 35.5. The average Bonchev–Trinajstić information content (AvgIpc) is 2.64. The molecule has 0 saturated heterocycles. The zero-order valence-corrected chi connectivity index (χ0v) is 17.4. The van der Waals surface area contributed by atoms with E-state index in [1.807, 2.05) is 13.8 Å². The van der Waals surface area contributed by atoms with Gasteiger partial charge < -0.3 is 10.1 Å². The summed E-state index contributed by atoms with van der Waals surface area (Å²) in [5.41, 5.74) is 1.77. The number of hydrogen-bond acceptors (Lipinski definition) is 5. The highest BCUT2D eigenvalue weighted by Crippen LogP contribution is 2.20. The van der Waals surface area contributed by atoms with Crippen molar-refractivity contribution in [2.75, 3.05) is 11.9 Å². The quantitative estimate of drug-likeness (QED) is 0.499. The van der Waals surface area contributed by atoms with E-state index in [0.29, 0.717) is 28.8 Å². The van der Waals surface area contributed by atoms with E-state index in [1.54, 1.807) is 37.3 Å². The summed E-state index contributed by atoms with van der Waals surface area (Å²) >= 11 is 5.93. The van der Waals surface area contributed by atoms with Gasteiger partial charge in [0, 0.05) is 16.4 Å². The summed E-state index contributed by atoms with van der Waals surface area (Å²) in [5, 5.41) is 7.06. The maximum atomic E-state index is 12.3. The van der Waals surface area contributed by atoms with Crippen LogP contribution in [0.15, 0.2) is 52.5 Å². The summed E-state index contributed by atoms with van der Waals surface area (Å²) in [5.74, 6) is 0.251. The lowest BCUT2D eigenvalue weighted by atomic mass is 10.2. The van der Waals surface area contributed by atoms with Crippen LogP contribution >= 0.6 is 11.6 Å². The first-order valence-corrected chi connectivity index (χ1v) is 10.4. The smallest absolute Gasteiger partial charge is 0.276 e. The van der Waals surface area contributed by atoms with E-state index in [9.17, 15) is 13.2 Å². The van der Waals surface area contributed by atoms with Crippen LogP contribution < -0.4 is 14.9 Å². The van der Waals surface area contributed by atoms with Gasteiger partial charge in [0.2, 0.25) is 5.91 Å². The van der Waals surface area contributed by atoms with Gasteiger partial charge in [-0.2, -0.15) is 13.5 Å². The third-order valence-electron chi connectivity index (χ3n) is 3.69. The third kappa shape index (κ3) is 6.24. The van der Waals surface area contributed by atoms with Crippen LogP contribution in [0.3, 0.4) is 0 Å². The monoisotopic (exact) mass is 423 g/mol. The summed E-state index contributed by atoms with van der Waals surface area (Å²) < 4.78 is 29.9. The second-order valence-electron chi connectivity index (χ2n) is 6.03. The number of amides is 1. The number of carbonyl (C=O) groups excluding carboxylic acids is 1. The normalized spacial score (nSPS) is 11.8. The lowest BCUT2D eigenvalue weighted by Gasteiger charge is -2.09. The molecule has 2 N–H and O–H groups in total. The number of halogens is 1. The molecule has 0 radical (unpaired) electrons. The number of rotatable bonds is 8. The summed E-state index contributed by atoms with van der Waals surface area (Å²) in [7, 11) is -3.84. The Bertz CT molecular complexity index is 973. The Kier molecular flexibility index (Phi) is 7.42. The molecule has 9 heteroatoms. The molecule has 1 amide bonds. The van der Waals surface area contributed by atoms with Crippen molar-refractivity contribution in [2.45, 2.75) is 32.1 Å². The van der Waals surface area contributed by atoms with Crippen molar-refractivity contribution in [1.29, 1.82) is 0 Å². The SMILES string of the molecule is CCOc1ccc(S(=O)(=O)N/N=C(/C)CC(=O)Nc2cc(Cl)ccc2C)cc1. The fourth-order valence-electron chi connectivity index (χ4n) is 2.27. The number of aryl methyl sites for hydroxylation is 1. The standard InChI is InChI=1S/C19H22ClN3O4S/c1-4-27-16-7-9-17(10-8-16)28(25,26)23-22-14(3)11-19(24)21-18-12-15(20)6-5-13(18)2/h5-10,12,23H,4,11H2,1-3H3,(H,21,24)/b22-14-. The largest absolute Gasteiger partial charge is 0.494 e. The van der Waals surface area contributed by atoms with E-state index in [0.717, 1.165) is 5.56 Å². The Morgan fingerprint density at radius 1 is 1.18 bits per heavy atom. The average molecular weight is 424 g/mol. The van der Waals surface area contributed by atoms with E-state index in [1.165, 1.54) is 12.1 Å². The summed E-state index contributed by atoms with van der Waals surface area (Å²) in [6.45, 7) is 5.74. The van der Waals surface area contributed by atoms with Crippen molar-refractivity contribution in [3.8, 4) is 5.75 Å². The number of anilines is 1. The number of sulfonamides is 1. The van der Waals surface area contributed by atoms with Gasteiger partial charge in [-0.1, -0.05) is 17.7 Å². The molecule has 0 aliphatic rings. The van der Waals surface area contributed by atoms with Crippen LogP contribution in [0.25, 0.3) is 0 Å². The highest BCUT2D eigenvalue weighted by molar-refractivity contribution is 7.89. The molecule has 2 aromatic carbocycles. The van der Waals surface area contributed by atoms with Crippen LogP contribution in [0.1, 0.15) is 25.8 Å². The van der Waals surface area contributed by atoms with E-state index < -0.39 is 10.0 Å². The molecule has 2 aromatic rings. The molecule has 7 nitrogen and oxygen atoms in total. The van der Waals surface area contributed by atoms with Crippen molar-refractivity contribution >= 4 is 38.9 Å². The number of benzene rings is 2. The van der Waals surface area contributed by atoms with Crippen molar-refractivity contribution in [3.05, 3.63) is 53.1 Å². The van der Waals surface area contributed by atoms with Gasteiger partial charge in [-0.15, -0.1) is 0 Å². The minimum atomic E-state index is -3.84. The maximum Gasteiger partial charge on any atom is 0.276 e. The number of hydrogen-bond donors (Lipinski definition) is 2. The Morgan fingerprint density at radius 3 is 2.50 bits per heavy atom. The highest BCUT2D eigenvalue weighted by Gasteiger charge is 2.14. The summed E-state index contributed by atoms with van der Waals surface area (Å²) in [6, 6.07) is 11.2. The maximum absolute atomic E-state index is 12.3. The van der Waals surface area contributed by atoms with Gasteiger partial charge in [0.15, 0.2) is 0 Å². The summed E-state index contributed by atoms with van der Waals surface area (Å²) in [4.78, 5) is 14.3. The molecule has 0 heterocycles. The van der Waals surface area contributed by atoms with Gasteiger partial charge in [0.25, 0.3) is 10.0 Å². The lowest BCUT2D eigenvalue weighted by Crippen LogP contribution is -2.22. The fourth-order valence-corrected chi connectivity index (χ4v) is 3.32. The van der Waals surface area contributed by atoms with Crippen LogP contribution in [0.4, 0.5) is 5.69 Å². The first kappa shape index (κ1) is 21.7. The van der Waals surface area contributed by atoms with Crippen LogP contribution in [0.5, 0.6) is 5.75 Å². The van der Waals surface area contributed by atoms with E-state index in [4.69, 9.17) is 16.3 Å². The van der Waals surface area contributed by atoms with Crippen LogP contribution in [-0.4, -0.2) is 26.6 Å². The molecular weight excluding hydrogens is 402 g/mol. The number of hydrazone groups is 1. The topological polar surface area (TPSA) is 96.9 Å². The molecule has 0 saturated carbocycles. The fraction of sp³-hybridized carbons (Fsp3) is 0.263. The molecule has 0 bridgehead atoms. The van der Waals surface area contributed by atoms with Gasteiger partial charge in [-0.05, 0) is 62.7 Å². The second-order valence-corrected chi connectivity index (χ2v) is 8.13. The molecule has 0 aliphatic heterocycles. The van der Waals surface area contributed by atoms with Crippen molar-refractivity contribution < 1.29 is 17.9 Å². The predicted molar refractivity (Wildman–Crippen MR) is 110 cm³/mol. The first-order valence-electron chi connectivity index (χ1n) is 8.55. The third-order valence-corrected chi connectivity index (χ3v) is 5.15. The predicted octanol–water partition coefficient (Wildman–Crippen LogP) is 3.73. The van der Waals surface area contributed by atoms with Gasteiger partial charge in [-0.3, -0.25) is 4.79 Å². The van der Waals surface area contributed by atoms with Gasteiger partial charge in [0.05, 0.1) is 17.9 Å². The minimum absolute atomic E-state index is 0.0477. The molecule has 150 valence electrons. The Balaban J connectivity index is 1.98. The van der Waals surface area contributed by atoms with Crippen molar-refractivity contribution in [1.82, 2.24) is 4.83 Å². The molecule has 0 fully saturated rings.